The average molecular weight is 247 g/mol. The van der Waals surface area contributed by atoms with E-state index in [-0.39, 0.29) is 11.7 Å². The highest BCUT2D eigenvalue weighted by atomic mass is 35.5. The van der Waals surface area contributed by atoms with E-state index in [0.717, 1.165) is 4.57 Å². The molecule has 1 aromatic rings. The van der Waals surface area contributed by atoms with Crippen molar-refractivity contribution >= 4 is 11.6 Å². The van der Waals surface area contributed by atoms with Gasteiger partial charge in [0.25, 0.3) is 5.56 Å². The van der Waals surface area contributed by atoms with Crippen LogP contribution in [0.25, 0.3) is 0 Å². The number of hydrogen-bond donors (Lipinski definition) is 1. The Bertz CT molecular complexity index is 419. The van der Waals surface area contributed by atoms with E-state index in [9.17, 15) is 9.59 Å². The number of H-pyrrole nitrogens is 1. The lowest BCUT2D eigenvalue weighted by molar-refractivity contribution is 0.102. The van der Waals surface area contributed by atoms with E-state index in [2.05, 4.69) is 4.98 Å². The summed E-state index contributed by atoms with van der Waals surface area (Å²) in [6.45, 7) is 5.24. The number of hydrogen-bond acceptors (Lipinski definition) is 3. The zero-order valence-electron chi connectivity index (χ0n) is 9.33. The highest BCUT2D eigenvalue weighted by molar-refractivity contribution is 6.29. The Balaban J connectivity index is 2.61. The Morgan fingerprint density at radius 2 is 2.19 bits per heavy atom. The molecule has 0 aromatic carbocycles. The number of halogens is 1. The Kier molecular flexibility index (Phi) is 4.76. The zero-order valence-corrected chi connectivity index (χ0v) is 10.1. The van der Waals surface area contributed by atoms with Crippen LogP contribution in [-0.2, 0) is 11.3 Å². The van der Waals surface area contributed by atoms with Gasteiger partial charge < -0.3 is 4.74 Å². The van der Waals surface area contributed by atoms with E-state index in [1.165, 1.54) is 6.07 Å². The Labute approximate surface area is 98.0 Å². The van der Waals surface area contributed by atoms with Gasteiger partial charge in [-0.05, 0) is 5.92 Å². The van der Waals surface area contributed by atoms with Crippen molar-refractivity contribution < 1.29 is 4.74 Å². The third-order valence-electron chi connectivity index (χ3n) is 1.90. The van der Waals surface area contributed by atoms with Crippen LogP contribution >= 0.6 is 11.6 Å². The van der Waals surface area contributed by atoms with E-state index < -0.39 is 11.2 Å². The van der Waals surface area contributed by atoms with Crippen molar-refractivity contribution in [2.75, 3.05) is 13.2 Å². The van der Waals surface area contributed by atoms with Crippen LogP contribution in [0.5, 0.6) is 0 Å². The minimum Gasteiger partial charge on any atom is -0.379 e. The monoisotopic (exact) mass is 246 g/mol. The lowest BCUT2D eigenvalue weighted by Gasteiger charge is -2.07. The van der Waals surface area contributed by atoms with Crippen molar-refractivity contribution in [2.24, 2.45) is 5.92 Å². The van der Waals surface area contributed by atoms with E-state index in [0.29, 0.717) is 19.1 Å². The molecule has 0 atom stereocenters. The number of nitrogens with one attached hydrogen (secondary N) is 1. The number of rotatable bonds is 5. The third-order valence-corrected chi connectivity index (χ3v) is 2.10. The maximum atomic E-state index is 11.4. The number of aromatic amines is 1. The number of ether oxygens (including phenoxy) is 1. The first-order valence-corrected chi connectivity index (χ1v) is 5.46. The average Bonchev–Trinajstić information content (AvgIpc) is 2.14. The summed E-state index contributed by atoms with van der Waals surface area (Å²) in [6, 6.07) is 1.17. The third kappa shape index (κ3) is 3.83. The van der Waals surface area contributed by atoms with Gasteiger partial charge in [-0.25, -0.2) is 4.79 Å². The molecule has 6 heteroatoms. The van der Waals surface area contributed by atoms with Gasteiger partial charge >= 0.3 is 5.69 Å². The van der Waals surface area contributed by atoms with Gasteiger partial charge in [-0.2, -0.15) is 0 Å². The molecule has 0 unspecified atom stereocenters. The summed E-state index contributed by atoms with van der Waals surface area (Å²) in [5.74, 6) is 0.431. The normalized spacial score (nSPS) is 11.0. The van der Waals surface area contributed by atoms with Gasteiger partial charge in [-0.15, -0.1) is 0 Å². The molecule has 90 valence electrons. The van der Waals surface area contributed by atoms with Gasteiger partial charge in [0.2, 0.25) is 0 Å². The van der Waals surface area contributed by atoms with Gasteiger partial charge in [0.1, 0.15) is 5.15 Å². The lowest BCUT2D eigenvalue weighted by Crippen LogP contribution is -2.35. The molecule has 1 heterocycles. The Morgan fingerprint density at radius 3 is 2.75 bits per heavy atom. The first kappa shape index (κ1) is 13.0. The molecule has 1 rings (SSSR count). The maximum absolute atomic E-state index is 11.4. The Hall–Kier alpha value is -1.07. The molecule has 0 saturated heterocycles. The summed E-state index contributed by atoms with van der Waals surface area (Å²) in [7, 11) is 0. The zero-order chi connectivity index (χ0) is 12.1. The molecule has 0 aliphatic carbocycles. The maximum Gasteiger partial charge on any atom is 0.329 e. The molecular formula is C10H15ClN2O3. The van der Waals surface area contributed by atoms with Crippen molar-refractivity contribution in [3.05, 3.63) is 32.1 Å². The molecule has 0 bridgehead atoms. The van der Waals surface area contributed by atoms with Crippen LogP contribution in [0.15, 0.2) is 15.7 Å². The van der Waals surface area contributed by atoms with Gasteiger partial charge in [0.05, 0.1) is 13.2 Å². The molecule has 0 fully saturated rings. The molecule has 1 aromatic heterocycles. The summed E-state index contributed by atoms with van der Waals surface area (Å²) < 4.78 is 6.36. The second kappa shape index (κ2) is 5.86. The van der Waals surface area contributed by atoms with E-state index in [1.54, 1.807) is 0 Å². The molecular weight excluding hydrogens is 232 g/mol. The molecule has 0 amide bonds. The Morgan fingerprint density at radius 1 is 1.50 bits per heavy atom. The second-order valence-corrected chi connectivity index (χ2v) is 4.29. The molecule has 0 saturated carbocycles. The van der Waals surface area contributed by atoms with Crippen molar-refractivity contribution in [3.8, 4) is 0 Å². The van der Waals surface area contributed by atoms with Crippen molar-refractivity contribution in [3.63, 3.8) is 0 Å². The standard InChI is InChI=1S/C10H15ClN2O3/c1-7(2)6-16-4-3-13-9(14)5-8(11)12-10(13)15/h5,7H,3-4,6H2,1-2H3,(H,12,15). The number of aromatic nitrogens is 2. The van der Waals surface area contributed by atoms with E-state index >= 15 is 0 Å². The van der Waals surface area contributed by atoms with Crippen LogP contribution < -0.4 is 11.2 Å². The predicted octanol–water partition coefficient (Wildman–Crippen LogP) is 0.863. The summed E-state index contributed by atoms with van der Waals surface area (Å²) in [4.78, 5) is 25.1. The second-order valence-electron chi connectivity index (χ2n) is 3.88. The quantitative estimate of drug-likeness (QED) is 0.619. The smallest absolute Gasteiger partial charge is 0.329 e. The highest BCUT2D eigenvalue weighted by Gasteiger charge is 2.03. The van der Waals surface area contributed by atoms with Gasteiger partial charge in [0, 0.05) is 12.7 Å². The fourth-order valence-electron chi connectivity index (χ4n) is 1.18. The van der Waals surface area contributed by atoms with Gasteiger partial charge in [-0.3, -0.25) is 14.3 Å². The SMILES string of the molecule is CC(C)COCCn1c(=O)cc(Cl)[nH]c1=O. The minimum absolute atomic E-state index is 0.0503. The molecule has 0 aliphatic rings. The summed E-state index contributed by atoms with van der Waals surface area (Å²) in [6.07, 6.45) is 0. The molecule has 0 spiro atoms. The van der Waals surface area contributed by atoms with Crippen molar-refractivity contribution in [2.45, 2.75) is 20.4 Å². The van der Waals surface area contributed by atoms with Crippen LogP contribution in [0.2, 0.25) is 5.15 Å². The topological polar surface area (TPSA) is 64.1 Å². The lowest BCUT2D eigenvalue weighted by atomic mass is 10.2. The predicted molar refractivity (Wildman–Crippen MR) is 62.0 cm³/mol. The van der Waals surface area contributed by atoms with Crippen LogP contribution in [0, 0.1) is 5.92 Å². The molecule has 0 aliphatic heterocycles. The van der Waals surface area contributed by atoms with E-state index in [1.807, 2.05) is 13.8 Å². The number of nitrogens with zero attached hydrogens (tertiary/aromatic N) is 1. The molecule has 16 heavy (non-hydrogen) atoms. The summed E-state index contributed by atoms with van der Waals surface area (Å²) >= 11 is 5.52. The van der Waals surface area contributed by atoms with Crippen LogP contribution in [0.3, 0.4) is 0 Å². The largest absolute Gasteiger partial charge is 0.379 e. The van der Waals surface area contributed by atoms with Gasteiger partial charge in [-0.1, -0.05) is 25.4 Å². The first-order valence-electron chi connectivity index (χ1n) is 5.08. The van der Waals surface area contributed by atoms with Crippen LogP contribution in [-0.4, -0.2) is 22.8 Å². The minimum atomic E-state index is -0.509. The van der Waals surface area contributed by atoms with Crippen molar-refractivity contribution in [1.29, 1.82) is 0 Å². The van der Waals surface area contributed by atoms with Crippen LogP contribution in [0.4, 0.5) is 0 Å². The van der Waals surface area contributed by atoms with E-state index in [4.69, 9.17) is 16.3 Å². The fourth-order valence-corrected chi connectivity index (χ4v) is 1.35. The van der Waals surface area contributed by atoms with Crippen molar-refractivity contribution in [1.82, 2.24) is 9.55 Å². The molecule has 0 radical (unpaired) electrons. The first-order chi connectivity index (χ1) is 7.50. The summed E-state index contributed by atoms with van der Waals surface area (Å²) in [5.41, 5.74) is -0.924. The van der Waals surface area contributed by atoms with Gasteiger partial charge in [0.15, 0.2) is 0 Å². The molecule has 1 N–H and O–H groups in total. The molecule has 5 nitrogen and oxygen atoms in total. The summed E-state index contributed by atoms with van der Waals surface area (Å²) in [5, 5.41) is 0.0503. The van der Waals surface area contributed by atoms with Crippen LogP contribution in [0.1, 0.15) is 13.8 Å². The highest BCUT2D eigenvalue weighted by Crippen LogP contribution is 1.94. The fraction of sp³-hybridized carbons (Fsp3) is 0.600.